The number of alkyl halides is 3. The van der Waals surface area contributed by atoms with Crippen molar-refractivity contribution in [1.29, 1.82) is 0 Å². The van der Waals surface area contributed by atoms with E-state index in [1.54, 1.807) is 42.5 Å². The van der Waals surface area contributed by atoms with E-state index in [1.165, 1.54) is 24.3 Å². The minimum absolute atomic E-state index is 0.0308. The lowest BCUT2D eigenvalue weighted by Gasteiger charge is -2.15. The number of carbonyl (C=O) groups is 2. The van der Waals surface area contributed by atoms with Gasteiger partial charge in [0.1, 0.15) is 5.70 Å². The van der Waals surface area contributed by atoms with Crippen LogP contribution in [0.2, 0.25) is 0 Å². The van der Waals surface area contributed by atoms with Crippen LogP contribution in [0.4, 0.5) is 18.9 Å². The summed E-state index contributed by atoms with van der Waals surface area (Å²) in [6, 6.07) is 16.4. The molecule has 0 unspecified atom stereocenters. The van der Waals surface area contributed by atoms with Gasteiger partial charge in [0.05, 0.1) is 5.69 Å². The van der Waals surface area contributed by atoms with Crippen molar-refractivity contribution in [2.75, 3.05) is 12.1 Å². The van der Waals surface area contributed by atoms with E-state index in [2.05, 4.69) is 31.3 Å². The Bertz CT molecular complexity index is 1300. The van der Waals surface area contributed by atoms with E-state index in [9.17, 15) is 22.8 Å². The van der Waals surface area contributed by atoms with Crippen molar-refractivity contribution in [3.63, 3.8) is 0 Å². The Kier molecular flexibility index (Phi) is 6.97. The van der Waals surface area contributed by atoms with Crippen molar-refractivity contribution in [2.45, 2.75) is 6.36 Å². The normalized spacial score (nSPS) is 12.7. The fraction of sp³-hybridized carbons (Fsp3) is 0.0833. The Labute approximate surface area is 205 Å². The highest BCUT2D eigenvalue weighted by Crippen LogP contribution is 2.38. The second-order valence-corrected chi connectivity index (χ2v) is 7.96. The fourth-order valence-electron chi connectivity index (χ4n) is 3.11. The number of hydrogen-bond acceptors (Lipinski definition) is 5. The molecule has 0 bridgehead atoms. The third-order valence-corrected chi connectivity index (χ3v) is 5.37. The molecule has 3 aromatic carbocycles. The third-order valence-electron chi connectivity index (χ3n) is 4.68. The highest BCUT2D eigenvalue weighted by atomic mass is 79.9. The van der Waals surface area contributed by atoms with Crippen molar-refractivity contribution >= 4 is 39.5 Å². The van der Waals surface area contributed by atoms with Crippen molar-refractivity contribution in [3.8, 4) is 17.2 Å². The number of anilines is 1. The molecule has 2 amide bonds. The maximum absolute atomic E-state index is 13.1. The number of halogens is 4. The maximum atomic E-state index is 13.1. The summed E-state index contributed by atoms with van der Waals surface area (Å²) in [6.07, 6.45) is -3.60. The van der Waals surface area contributed by atoms with Crippen LogP contribution in [-0.4, -0.2) is 25.0 Å². The number of amides is 2. The molecule has 0 spiro atoms. The molecule has 0 aliphatic carbocycles. The number of fused-ring (bicyclic) bond motifs is 1. The van der Waals surface area contributed by atoms with E-state index >= 15 is 0 Å². The monoisotopic (exact) mass is 548 g/mol. The second-order valence-electron chi connectivity index (χ2n) is 7.10. The molecule has 1 aliphatic heterocycles. The Hall–Kier alpha value is -3.99. The van der Waals surface area contributed by atoms with Gasteiger partial charge in [-0.1, -0.05) is 46.3 Å². The molecule has 0 aromatic heterocycles. The van der Waals surface area contributed by atoms with Crippen molar-refractivity contribution in [2.24, 2.45) is 0 Å². The molecule has 2 N–H and O–H groups in total. The maximum Gasteiger partial charge on any atom is 0.573 e. The first kappa shape index (κ1) is 24.1. The summed E-state index contributed by atoms with van der Waals surface area (Å²) in [6.45, 7) is 0.0308. The number of hydrogen-bond donors (Lipinski definition) is 2. The van der Waals surface area contributed by atoms with Crippen molar-refractivity contribution in [1.82, 2.24) is 5.32 Å². The summed E-state index contributed by atoms with van der Waals surface area (Å²) in [5.74, 6) is -1.16. The lowest BCUT2D eigenvalue weighted by molar-refractivity contribution is -0.274. The van der Waals surface area contributed by atoms with Gasteiger partial charge in [-0.25, -0.2) is 0 Å². The van der Waals surface area contributed by atoms with E-state index in [4.69, 9.17) is 9.47 Å². The van der Waals surface area contributed by atoms with Crippen LogP contribution in [-0.2, 0) is 4.79 Å². The Morgan fingerprint density at radius 2 is 1.63 bits per heavy atom. The standard InChI is InChI=1S/C24H16BrF3N2O5/c25-16-12-21-20(33-13-34-21)11-15(16)10-18(30-22(31)14-6-2-1-3-7-14)23(32)29-17-8-4-5-9-19(17)35-24(26,27)28/h1-12H,13H2,(H,29,32)(H,30,31)/b18-10-. The number of carbonyl (C=O) groups excluding carboxylic acids is 2. The molecule has 1 aliphatic rings. The highest BCUT2D eigenvalue weighted by Gasteiger charge is 2.32. The van der Waals surface area contributed by atoms with E-state index in [0.717, 1.165) is 6.07 Å². The van der Waals surface area contributed by atoms with Crippen LogP contribution in [0.3, 0.4) is 0 Å². The van der Waals surface area contributed by atoms with E-state index in [-0.39, 0.29) is 23.7 Å². The van der Waals surface area contributed by atoms with Crippen LogP contribution in [0.25, 0.3) is 6.08 Å². The third kappa shape index (κ3) is 6.12. The van der Waals surface area contributed by atoms with Gasteiger partial charge in [-0.15, -0.1) is 13.2 Å². The number of ether oxygens (including phenoxy) is 3. The SMILES string of the molecule is O=C(Nc1ccccc1OC(F)(F)F)/C(=C/c1cc2c(cc1Br)OCO2)NC(=O)c1ccccc1. The summed E-state index contributed by atoms with van der Waals surface area (Å²) >= 11 is 3.38. The lowest BCUT2D eigenvalue weighted by atomic mass is 10.1. The summed E-state index contributed by atoms with van der Waals surface area (Å²) in [4.78, 5) is 25.9. The van der Waals surface area contributed by atoms with Gasteiger partial charge in [-0.2, -0.15) is 0 Å². The molecule has 0 radical (unpaired) electrons. The predicted molar refractivity (Wildman–Crippen MR) is 124 cm³/mol. The van der Waals surface area contributed by atoms with Gasteiger partial charge in [-0.3, -0.25) is 9.59 Å². The molecular weight excluding hydrogens is 533 g/mol. The van der Waals surface area contributed by atoms with Crippen LogP contribution < -0.4 is 24.8 Å². The first-order chi connectivity index (χ1) is 16.7. The molecule has 11 heteroatoms. The van der Waals surface area contributed by atoms with Crippen molar-refractivity contribution < 1.29 is 37.0 Å². The molecule has 180 valence electrons. The molecule has 35 heavy (non-hydrogen) atoms. The van der Waals surface area contributed by atoms with Gasteiger partial charge in [0.15, 0.2) is 17.2 Å². The highest BCUT2D eigenvalue weighted by molar-refractivity contribution is 9.10. The number of nitrogens with one attached hydrogen (secondary N) is 2. The number of benzene rings is 3. The average Bonchev–Trinajstić information content (AvgIpc) is 3.26. The minimum atomic E-state index is -4.96. The van der Waals surface area contributed by atoms with Gasteiger partial charge >= 0.3 is 6.36 Å². The van der Waals surface area contributed by atoms with Gasteiger partial charge < -0.3 is 24.8 Å². The smallest absolute Gasteiger partial charge is 0.454 e. The van der Waals surface area contributed by atoms with Crippen LogP contribution in [0.5, 0.6) is 17.2 Å². The Morgan fingerprint density at radius 1 is 0.971 bits per heavy atom. The van der Waals surface area contributed by atoms with E-state index < -0.39 is 23.9 Å². The average molecular weight is 549 g/mol. The Morgan fingerprint density at radius 3 is 2.34 bits per heavy atom. The zero-order chi connectivity index (χ0) is 25.0. The summed E-state index contributed by atoms with van der Waals surface area (Å²) in [5, 5.41) is 4.88. The zero-order valence-corrected chi connectivity index (χ0v) is 19.3. The first-order valence-corrected chi connectivity index (χ1v) is 10.8. The molecule has 3 aromatic rings. The van der Waals surface area contributed by atoms with Gasteiger partial charge in [0, 0.05) is 10.0 Å². The van der Waals surface area contributed by atoms with Gasteiger partial charge in [0.2, 0.25) is 6.79 Å². The summed E-state index contributed by atoms with van der Waals surface area (Å²) in [5.41, 5.74) is 0.254. The van der Waals surface area contributed by atoms with E-state index in [1.807, 2.05) is 0 Å². The minimum Gasteiger partial charge on any atom is -0.454 e. The summed E-state index contributed by atoms with van der Waals surface area (Å²) < 4.78 is 53.6. The van der Waals surface area contributed by atoms with Crippen LogP contribution >= 0.6 is 15.9 Å². The molecule has 4 rings (SSSR count). The molecule has 0 saturated heterocycles. The van der Waals surface area contributed by atoms with E-state index in [0.29, 0.717) is 21.5 Å². The van der Waals surface area contributed by atoms with Crippen LogP contribution in [0.1, 0.15) is 15.9 Å². The van der Waals surface area contributed by atoms with Crippen LogP contribution in [0.15, 0.2) is 76.9 Å². The fourth-order valence-corrected chi connectivity index (χ4v) is 3.55. The van der Waals surface area contributed by atoms with Gasteiger partial charge in [0.25, 0.3) is 11.8 Å². The molecular formula is C24H16BrF3N2O5. The molecule has 0 atom stereocenters. The molecule has 0 fully saturated rings. The second kappa shape index (κ2) is 10.1. The molecule has 0 saturated carbocycles. The number of para-hydroxylation sites is 2. The lowest BCUT2D eigenvalue weighted by Crippen LogP contribution is -2.31. The topological polar surface area (TPSA) is 85.9 Å². The van der Waals surface area contributed by atoms with Crippen molar-refractivity contribution in [3.05, 3.63) is 88.0 Å². The summed E-state index contributed by atoms with van der Waals surface area (Å²) in [7, 11) is 0. The molecule has 7 nitrogen and oxygen atoms in total. The van der Waals surface area contributed by atoms with Crippen LogP contribution in [0, 0.1) is 0 Å². The largest absolute Gasteiger partial charge is 0.573 e. The molecule has 1 heterocycles. The zero-order valence-electron chi connectivity index (χ0n) is 17.7. The predicted octanol–water partition coefficient (Wildman–Crippen LogP) is 5.49. The quantitative estimate of drug-likeness (QED) is 0.398. The number of rotatable bonds is 6. The first-order valence-electron chi connectivity index (χ1n) is 10.0. The Balaban J connectivity index is 1.68. The van der Waals surface area contributed by atoms with Gasteiger partial charge in [-0.05, 0) is 48.0 Å².